The molecule has 0 radical (unpaired) electrons. The van der Waals surface area contributed by atoms with Gasteiger partial charge in [0.2, 0.25) is 5.91 Å². The van der Waals surface area contributed by atoms with Crippen molar-refractivity contribution in [3.63, 3.8) is 0 Å². The van der Waals surface area contributed by atoms with Crippen molar-refractivity contribution in [2.75, 3.05) is 43.9 Å². The summed E-state index contributed by atoms with van der Waals surface area (Å²) in [7, 11) is 0. The summed E-state index contributed by atoms with van der Waals surface area (Å²) in [5.41, 5.74) is 3.42. The molecule has 32 heavy (non-hydrogen) atoms. The van der Waals surface area contributed by atoms with Crippen LogP contribution in [0.5, 0.6) is 0 Å². The summed E-state index contributed by atoms with van der Waals surface area (Å²) < 4.78 is 5.01. The van der Waals surface area contributed by atoms with Crippen molar-refractivity contribution in [2.45, 2.75) is 45.2 Å². The molecule has 0 aliphatic carbocycles. The number of rotatable bonds is 7. The zero-order valence-electron chi connectivity index (χ0n) is 19.3. The summed E-state index contributed by atoms with van der Waals surface area (Å²) >= 11 is 1.53. The molecule has 1 saturated heterocycles. The van der Waals surface area contributed by atoms with Crippen molar-refractivity contribution in [3.05, 3.63) is 40.8 Å². The Morgan fingerprint density at radius 2 is 1.84 bits per heavy atom. The van der Waals surface area contributed by atoms with Gasteiger partial charge in [0.15, 0.2) is 5.16 Å². The van der Waals surface area contributed by atoms with Crippen molar-refractivity contribution in [2.24, 2.45) is 0 Å². The lowest BCUT2D eigenvalue weighted by atomic mass is 10.1. The second kappa shape index (κ2) is 11.3. The standard InChI is InChI=1S/C23H31N5O3S/c1-5-31-22(30)18-7-9-20(24-15-18)27-11-6-12-28(14-13-27)21(29)10-8-19-16(2)25-23(32-4)26-17(19)3/h7,9,15H,5-6,8,10-14H2,1-4H3. The number of aromatic nitrogens is 3. The highest BCUT2D eigenvalue weighted by Gasteiger charge is 2.21. The molecule has 9 heteroatoms. The maximum atomic E-state index is 12.9. The first-order valence-electron chi connectivity index (χ1n) is 11.0. The van der Waals surface area contributed by atoms with Crippen LogP contribution in [-0.2, 0) is 16.0 Å². The van der Waals surface area contributed by atoms with Gasteiger partial charge in [-0.1, -0.05) is 11.8 Å². The third kappa shape index (κ3) is 5.97. The summed E-state index contributed by atoms with van der Waals surface area (Å²) in [4.78, 5) is 42.3. The molecule has 0 saturated carbocycles. The van der Waals surface area contributed by atoms with E-state index in [1.54, 1.807) is 19.2 Å². The van der Waals surface area contributed by atoms with E-state index in [-0.39, 0.29) is 11.9 Å². The van der Waals surface area contributed by atoms with Crippen LogP contribution < -0.4 is 4.90 Å². The third-order valence-corrected chi connectivity index (χ3v) is 6.15. The molecule has 1 aliphatic heterocycles. The van der Waals surface area contributed by atoms with Crippen molar-refractivity contribution in [3.8, 4) is 0 Å². The Morgan fingerprint density at radius 3 is 2.47 bits per heavy atom. The topological polar surface area (TPSA) is 88.5 Å². The minimum absolute atomic E-state index is 0.158. The lowest BCUT2D eigenvalue weighted by molar-refractivity contribution is -0.130. The molecule has 1 fully saturated rings. The normalized spacial score (nSPS) is 14.2. The first-order chi connectivity index (χ1) is 15.4. The third-order valence-electron chi connectivity index (χ3n) is 5.60. The van der Waals surface area contributed by atoms with Crippen LogP contribution in [0.4, 0.5) is 5.82 Å². The number of esters is 1. The number of carbonyl (C=O) groups is 2. The van der Waals surface area contributed by atoms with Gasteiger partial charge in [-0.3, -0.25) is 4.79 Å². The van der Waals surface area contributed by atoms with E-state index >= 15 is 0 Å². The van der Waals surface area contributed by atoms with Gasteiger partial charge in [-0.05, 0) is 57.6 Å². The molecule has 8 nitrogen and oxygen atoms in total. The first-order valence-corrected chi connectivity index (χ1v) is 12.2. The zero-order chi connectivity index (χ0) is 23.1. The predicted molar refractivity (Wildman–Crippen MR) is 125 cm³/mol. The van der Waals surface area contributed by atoms with Crippen LogP contribution in [0.1, 0.15) is 47.1 Å². The quantitative estimate of drug-likeness (QED) is 0.356. The second-order valence-electron chi connectivity index (χ2n) is 7.71. The highest BCUT2D eigenvalue weighted by molar-refractivity contribution is 7.98. The number of pyridine rings is 1. The molecular weight excluding hydrogens is 426 g/mol. The molecule has 3 heterocycles. The van der Waals surface area contributed by atoms with Crippen LogP contribution in [0.2, 0.25) is 0 Å². The number of hydrogen-bond donors (Lipinski definition) is 0. The molecule has 1 aliphatic rings. The average Bonchev–Trinajstić information content (AvgIpc) is 3.05. The Balaban J connectivity index is 1.56. The molecule has 0 atom stereocenters. The van der Waals surface area contributed by atoms with Crippen LogP contribution >= 0.6 is 11.8 Å². The SMILES string of the molecule is CCOC(=O)c1ccc(N2CCCN(C(=O)CCc3c(C)nc(SC)nc3C)CC2)nc1. The van der Waals surface area contributed by atoms with E-state index in [0.29, 0.717) is 38.1 Å². The molecule has 1 amide bonds. The first kappa shape index (κ1) is 24.0. The van der Waals surface area contributed by atoms with Gasteiger partial charge in [0.25, 0.3) is 0 Å². The zero-order valence-corrected chi connectivity index (χ0v) is 20.1. The number of nitrogens with zero attached hydrogens (tertiary/aromatic N) is 5. The summed E-state index contributed by atoms with van der Waals surface area (Å²) in [6.07, 6.45) is 5.50. The largest absolute Gasteiger partial charge is 0.462 e. The van der Waals surface area contributed by atoms with Crippen LogP contribution in [0.3, 0.4) is 0 Å². The smallest absolute Gasteiger partial charge is 0.339 e. The number of carbonyl (C=O) groups excluding carboxylic acids is 2. The predicted octanol–water partition coefficient (Wildman–Crippen LogP) is 3.06. The van der Waals surface area contributed by atoms with E-state index < -0.39 is 0 Å². The van der Waals surface area contributed by atoms with Crippen LogP contribution in [-0.4, -0.2) is 70.8 Å². The van der Waals surface area contributed by atoms with E-state index in [0.717, 1.165) is 47.4 Å². The van der Waals surface area contributed by atoms with Gasteiger partial charge in [-0.2, -0.15) is 0 Å². The average molecular weight is 458 g/mol. The molecule has 2 aromatic heterocycles. The van der Waals surface area contributed by atoms with Gasteiger partial charge in [0, 0.05) is 50.2 Å². The highest BCUT2D eigenvalue weighted by Crippen LogP contribution is 2.19. The molecule has 2 aromatic rings. The van der Waals surface area contributed by atoms with Gasteiger partial charge >= 0.3 is 5.97 Å². The number of ether oxygens (including phenoxy) is 1. The van der Waals surface area contributed by atoms with E-state index in [1.807, 2.05) is 31.1 Å². The van der Waals surface area contributed by atoms with Crippen LogP contribution in [0.15, 0.2) is 23.5 Å². The fourth-order valence-electron chi connectivity index (χ4n) is 3.86. The Morgan fingerprint density at radius 1 is 1.09 bits per heavy atom. The lowest BCUT2D eigenvalue weighted by Gasteiger charge is -2.23. The Kier molecular flexibility index (Phi) is 8.44. The van der Waals surface area contributed by atoms with Gasteiger partial charge in [0.1, 0.15) is 5.82 Å². The summed E-state index contributed by atoms with van der Waals surface area (Å²) in [6, 6.07) is 3.58. The number of hydrogen-bond acceptors (Lipinski definition) is 8. The van der Waals surface area contributed by atoms with E-state index in [4.69, 9.17) is 4.74 Å². The Hall–Kier alpha value is -2.68. The van der Waals surface area contributed by atoms with E-state index in [9.17, 15) is 9.59 Å². The van der Waals surface area contributed by atoms with Crippen molar-refractivity contribution in [1.82, 2.24) is 19.9 Å². The molecule has 172 valence electrons. The second-order valence-corrected chi connectivity index (χ2v) is 8.48. The molecule has 0 spiro atoms. The minimum atomic E-state index is -0.363. The fourth-order valence-corrected chi connectivity index (χ4v) is 4.31. The molecule has 0 aromatic carbocycles. The van der Waals surface area contributed by atoms with E-state index in [1.165, 1.54) is 11.8 Å². The van der Waals surface area contributed by atoms with Crippen molar-refractivity contribution in [1.29, 1.82) is 0 Å². The Bertz CT molecular complexity index is 928. The van der Waals surface area contributed by atoms with Gasteiger partial charge in [-0.25, -0.2) is 19.7 Å². The van der Waals surface area contributed by atoms with Gasteiger partial charge in [-0.15, -0.1) is 0 Å². The van der Waals surface area contributed by atoms with Crippen molar-refractivity contribution < 1.29 is 14.3 Å². The number of aryl methyl sites for hydroxylation is 2. The number of thioether (sulfide) groups is 1. The maximum Gasteiger partial charge on any atom is 0.339 e. The van der Waals surface area contributed by atoms with Crippen molar-refractivity contribution >= 4 is 29.5 Å². The van der Waals surface area contributed by atoms with Gasteiger partial charge in [0.05, 0.1) is 12.2 Å². The fraction of sp³-hybridized carbons (Fsp3) is 0.522. The monoisotopic (exact) mass is 457 g/mol. The Labute approximate surface area is 193 Å². The minimum Gasteiger partial charge on any atom is -0.462 e. The molecule has 0 N–H and O–H groups in total. The molecule has 0 bridgehead atoms. The lowest BCUT2D eigenvalue weighted by Crippen LogP contribution is -2.35. The van der Waals surface area contributed by atoms with Crippen LogP contribution in [0.25, 0.3) is 0 Å². The van der Waals surface area contributed by atoms with Crippen LogP contribution in [0, 0.1) is 13.8 Å². The number of anilines is 1. The molecule has 0 unspecified atom stereocenters. The van der Waals surface area contributed by atoms with E-state index in [2.05, 4.69) is 19.9 Å². The summed E-state index contributed by atoms with van der Waals surface area (Å²) in [5.74, 6) is 0.605. The maximum absolute atomic E-state index is 12.9. The molecule has 3 rings (SSSR count). The van der Waals surface area contributed by atoms with Gasteiger partial charge < -0.3 is 14.5 Å². The summed E-state index contributed by atoms with van der Waals surface area (Å²) in [6.45, 7) is 9.00. The summed E-state index contributed by atoms with van der Waals surface area (Å²) in [5, 5.41) is 0.770. The highest BCUT2D eigenvalue weighted by atomic mass is 32.2. The molecular formula is C23H31N5O3S. The number of amides is 1.